The number of methoxy groups -OCH3 is 2. The number of carboxylic acids is 1. The SMILES string of the molecule is CC[C@H](C)[C@@H]([C@@H](CC(=O)N1CCC[C@H]1[C@H](OC)[C@@H](C)C(=O)N[C@@H](Cc1ccccc1)c1nccs1)OC)N(C)C(=O)[C@@H](NC(=O)[C@@H]1[C@H]2CC[C@H](C2)N1C(=O)OCc1ccc(NC(=O)[C@H](CCCNC(N)=O)NC(=O)C(NC(=O)CCOCCN2C(=O)C=CC2=O)C(C)C)cc1CN(C)C(=O)OC[C@@H](NC(C)=O)C(=O)O)C(C)C. The molecular weight excluding hydrogens is 1490 g/mol. The number of amides is 14. The molecule has 14 amide bonds. The van der Waals surface area contributed by atoms with Crippen LogP contribution in [-0.4, -0.2) is 246 Å². The van der Waals surface area contributed by atoms with Crippen LogP contribution >= 0.6 is 11.3 Å². The van der Waals surface area contributed by atoms with Crippen molar-refractivity contribution in [1.29, 1.82) is 0 Å². The van der Waals surface area contributed by atoms with Crippen molar-refractivity contribution >= 4 is 100 Å². The van der Waals surface area contributed by atoms with E-state index >= 15 is 4.79 Å². The van der Waals surface area contributed by atoms with Crippen LogP contribution in [0.15, 0.2) is 72.3 Å². The number of fused-ring (bicyclic) bond motifs is 2. The summed E-state index contributed by atoms with van der Waals surface area (Å²) in [6, 6.07) is 5.16. The molecule has 2 bridgehead atoms. The van der Waals surface area contributed by atoms with E-state index in [4.69, 9.17) is 29.4 Å². The number of hydrogen-bond donors (Lipinski definition) is 9. The first kappa shape index (κ1) is 90.1. The molecule has 14 atom stereocenters. The largest absolute Gasteiger partial charge is 0.480 e. The fourth-order valence-electron chi connectivity index (χ4n) is 15.0. The number of likely N-dealkylation sites (N-methyl/N-ethyl adjacent to an activating group) is 1. The molecule has 1 saturated carbocycles. The number of carboxylic acid groups (broad SMARTS) is 1. The number of rotatable bonds is 43. The molecule has 3 aromatic rings. The number of thiazole rings is 1. The number of piperidine rings is 1. The average Bonchev–Trinajstić information content (AvgIpc) is 1.62. The highest BCUT2D eigenvalue weighted by Gasteiger charge is 2.53. The van der Waals surface area contributed by atoms with Gasteiger partial charge in [0.15, 0.2) is 6.04 Å². The van der Waals surface area contributed by atoms with Gasteiger partial charge in [-0.2, -0.15) is 0 Å². The van der Waals surface area contributed by atoms with E-state index in [9.17, 15) is 67.4 Å². The predicted octanol–water partition coefficient (Wildman–Crippen LogP) is 4.30. The van der Waals surface area contributed by atoms with Crippen molar-refractivity contribution < 1.29 is 95.9 Å². The number of likely N-dealkylation sites (tertiary alicyclic amines) is 2. The number of nitrogens with two attached hydrogens (primary N) is 1. The molecule has 7 rings (SSSR count). The molecule has 1 aromatic heterocycles. The summed E-state index contributed by atoms with van der Waals surface area (Å²) in [7, 11) is 5.98. The number of aromatic nitrogens is 1. The number of urea groups is 1. The molecule has 0 radical (unpaired) electrons. The molecule has 1 aliphatic carbocycles. The number of carbonyl (C=O) groups is 14. The molecule has 1 unspecified atom stereocenters. The number of ether oxygens (including phenoxy) is 5. The number of primary amides is 1. The Bertz CT molecular complexity index is 3830. The molecule has 2 aromatic carbocycles. The van der Waals surface area contributed by atoms with Gasteiger partial charge < -0.3 is 86.4 Å². The Morgan fingerprint density at radius 3 is 2.12 bits per heavy atom. The number of nitrogens with one attached hydrogen (secondary N) is 7. The highest BCUT2D eigenvalue weighted by atomic mass is 32.1. The first-order chi connectivity index (χ1) is 53.8. The van der Waals surface area contributed by atoms with Crippen LogP contribution in [0.3, 0.4) is 0 Å². The van der Waals surface area contributed by atoms with Gasteiger partial charge in [-0.05, 0) is 104 Å². The number of anilines is 1. The van der Waals surface area contributed by atoms with Crippen molar-refractivity contribution in [2.24, 2.45) is 35.3 Å². The summed E-state index contributed by atoms with van der Waals surface area (Å²) in [5.74, 6) is -8.97. The fourth-order valence-corrected chi connectivity index (χ4v) is 15.7. The van der Waals surface area contributed by atoms with Gasteiger partial charge in [0.1, 0.15) is 42.4 Å². The van der Waals surface area contributed by atoms with E-state index in [1.165, 1.54) is 55.7 Å². The summed E-state index contributed by atoms with van der Waals surface area (Å²) >= 11 is 1.45. The quantitative estimate of drug-likeness (QED) is 0.0282. The zero-order valence-corrected chi connectivity index (χ0v) is 67.3. The Morgan fingerprint density at radius 1 is 0.788 bits per heavy atom. The summed E-state index contributed by atoms with van der Waals surface area (Å²) in [5, 5.41) is 31.4. The third-order valence-electron chi connectivity index (χ3n) is 21.2. The molecular formula is C78H112N14O20S. The van der Waals surface area contributed by atoms with Gasteiger partial charge in [0.25, 0.3) is 11.8 Å². The average molecular weight is 1600 g/mol. The van der Waals surface area contributed by atoms with Crippen LogP contribution in [0.4, 0.5) is 20.1 Å². The van der Waals surface area contributed by atoms with Gasteiger partial charge in [-0.3, -0.25) is 57.7 Å². The summed E-state index contributed by atoms with van der Waals surface area (Å²) < 4.78 is 29.1. The van der Waals surface area contributed by atoms with E-state index in [0.29, 0.717) is 51.5 Å². The number of imide groups is 1. The van der Waals surface area contributed by atoms with E-state index in [-0.39, 0.29) is 99.0 Å². The maximum atomic E-state index is 15.2. The molecule has 2 saturated heterocycles. The molecule has 4 aliphatic rings. The number of hydrogen-bond acceptors (Lipinski definition) is 21. The van der Waals surface area contributed by atoms with E-state index in [0.717, 1.165) is 39.4 Å². The zero-order chi connectivity index (χ0) is 82.9. The van der Waals surface area contributed by atoms with Gasteiger partial charge in [-0.15, -0.1) is 11.3 Å². The van der Waals surface area contributed by atoms with Crippen molar-refractivity contribution in [3.05, 3.63) is 94.0 Å². The van der Waals surface area contributed by atoms with Crippen LogP contribution in [0, 0.1) is 29.6 Å². The summed E-state index contributed by atoms with van der Waals surface area (Å²) in [6.45, 7) is 12.4. The van der Waals surface area contributed by atoms with Crippen molar-refractivity contribution in [3.63, 3.8) is 0 Å². The Kier molecular flexibility index (Phi) is 34.4. The Morgan fingerprint density at radius 2 is 1.50 bits per heavy atom. The lowest BCUT2D eigenvalue weighted by Gasteiger charge is -2.41. The number of benzene rings is 2. The molecule has 3 aliphatic heterocycles. The Balaban J connectivity index is 1.05. The maximum absolute atomic E-state index is 15.2. The highest BCUT2D eigenvalue weighted by molar-refractivity contribution is 7.09. The third-order valence-corrected chi connectivity index (χ3v) is 22.1. The second-order valence-electron chi connectivity index (χ2n) is 29.9. The normalized spacial score (nSPS) is 19.0. The fraction of sp³-hybridized carbons (Fsp3) is 0.603. The summed E-state index contributed by atoms with van der Waals surface area (Å²) in [6.07, 6.45) is 4.27. The van der Waals surface area contributed by atoms with Gasteiger partial charge >= 0.3 is 24.2 Å². The van der Waals surface area contributed by atoms with E-state index in [1.807, 2.05) is 49.6 Å². The van der Waals surface area contributed by atoms with Crippen molar-refractivity contribution in [2.45, 2.75) is 206 Å². The smallest absolute Gasteiger partial charge is 0.411 e. The van der Waals surface area contributed by atoms with Crippen LogP contribution in [0.2, 0.25) is 0 Å². The van der Waals surface area contributed by atoms with Crippen LogP contribution in [0.1, 0.15) is 147 Å². The minimum atomic E-state index is -1.60. The van der Waals surface area contributed by atoms with Gasteiger partial charge in [0.2, 0.25) is 47.3 Å². The number of aliphatic carboxylic acids is 1. The second kappa shape index (κ2) is 43.2. The lowest BCUT2D eigenvalue weighted by molar-refractivity contribution is -0.148. The highest BCUT2D eigenvalue weighted by Crippen LogP contribution is 2.43. The number of carbonyl (C=O) groups excluding carboxylic acids is 13. The van der Waals surface area contributed by atoms with Gasteiger partial charge in [0, 0.05) is 96.8 Å². The predicted molar refractivity (Wildman–Crippen MR) is 413 cm³/mol. The lowest BCUT2D eigenvalue weighted by Crippen LogP contribution is -2.60. The summed E-state index contributed by atoms with van der Waals surface area (Å²) in [5.41, 5.74) is 6.97. The van der Waals surface area contributed by atoms with Gasteiger partial charge in [-0.25, -0.2) is 24.2 Å². The summed E-state index contributed by atoms with van der Waals surface area (Å²) in [4.78, 5) is 200. The molecule has 0 spiro atoms. The van der Waals surface area contributed by atoms with Crippen LogP contribution in [0.5, 0.6) is 0 Å². The van der Waals surface area contributed by atoms with Crippen LogP contribution < -0.4 is 43.0 Å². The maximum Gasteiger partial charge on any atom is 0.411 e. The molecule has 10 N–H and O–H groups in total. The molecule has 113 heavy (non-hydrogen) atoms. The Hall–Kier alpha value is -10.1. The monoisotopic (exact) mass is 1600 g/mol. The standard InChI is InChI=1S/C78H112N14O20S/c1-13-46(6)66(59(108-11)40-63(97)90-32-18-22-58(90)68(109-12)47(7)69(98)85-56(73-80-31-36-113-73)37-49-19-15-14-16-20-49)89(10)74(102)65(45(4)5)87-72(101)67-50-24-26-54(39-50)92(67)78(107)111-42-51-23-25-53(38-52(51)41-88(9)77(106)112-43-57(75(103)104)82-48(8)93)83-70(99)55(21-17-30-81-76(79)105)84-71(100)64(44(2)3)86-60(94)29-34-110-35-33-91-61(95)27-28-62(91)96/h14-16,19-20,23,25,27-28,31,36,38,44-47,50,54-59,64-68H,13,17-18,21-22,24,26,29-30,32-35,37,39-43H2,1-12H3,(H,82,93)(H,83,99)(H,84,100)(H,85,98)(H,86,94)(H,87,101)(H,103,104)(H3,79,81,105)/t46-,47+,50-,54+,55-,56-,57+,58-,59+,64?,65-,66-,67-,68+/m0/s1. The van der Waals surface area contributed by atoms with Crippen LogP contribution in [0.25, 0.3) is 0 Å². The second-order valence-corrected chi connectivity index (χ2v) is 30.8. The Labute approximate surface area is 662 Å². The van der Waals surface area contributed by atoms with Crippen molar-refractivity contribution in [1.82, 2.24) is 61.4 Å². The molecule has 35 heteroatoms. The lowest BCUT2D eigenvalue weighted by atomic mass is 9.89. The van der Waals surface area contributed by atoms with Gasteiger partial charge in [-0.1, -0.05) is 91.3 Å². The van der Waals surface area contributed by atoms with Crippen LogP contribution in [-0.2, 0) is 96.0 Å². The first-order valence-corrected chi connectivity index (χ1v) is 39.3. The minimum Gasteiger partial charge on any atom is -0.480 e. The molecule has 34 nitrogen and oxygen atoms in total. The topological polar surface area (TPSA) is 445 Å². The number of nitrogens with zero attached hydrogens (tertiary/aromatic N) is 6. The van der Waals surface area contributed by atoms with E-state index in [2.05, 4.69) is 42.2 Å². The van der Waals surface area contributed by atoms with E-state index < -0.39 is 169 Å². The van der Waals surface area contributed by atoms with Gasteiger partial charge in [0.05, 0.1) is 62.4 Å². The zero-order valence-electron chi connectivity index (χ0n) is 66.5. The van der Waals surface area contributed by atoms with Crippen molar-refractivity contribution in [2.75, 3.05) is 73.1 Å². The van der Waals surface area contributed by atoms with E-state index in [1.54, 1.807) is 57.7 Å². The molecule has 620 valence electrons. The first-order valence-electron chi connectivity index (χ1n) is 38.4. The van der Waals surface area contributed by atoms with Crippen molar-refractivity contribution in [3.8, 4) is 0 Å². The molecule has 4 heterocycles. The third kappa shape index (κ3) is 25.2. The minimum absolute atomic E-state index is 0.00513. The molecule has 3 fully saturated rings.